The number of carbonyl (C=O) groups excluding carboxylic acids is 1. The Kier molecular flexibility index (Phi) is 3.14. The van der Waals surface area contributed by atoms with Gasteiger partial charge in [-0.25, -0.2) is 0 Å². The molecule has 1 amide bonds. The molecule has 17 heavy (non-hydrogen) atoms. The maximum atomic E-state index is 11.5. The summed E-state index contributed by atoms with van der Waals surface area (Å²) in [7, 11) is 0. The Morgan fingerprint density at radius 1 is 1.59 bits per heavy atom. The second-order valence-corrected chi connectivity index (χ2v) is 5.00. The molecule has 0 aromatic carbocycles. The number of aliphatic hydroxyl groups excluding tert-OH is 1. The van der Waals surface area contributed by atoms with Gasteiger partial charge in [-0.1, -0.05) is 23.2 Å². The average Bonchev–Trinajstić information content (AvgIpc) is 2.30. The molecule has 0 aromatic heterocycles. The highest BCUT2D eigenvalue weighted by Gasteiger charge is 2.59. The summed E-state index contributed by atoms with van der Waals surface area (Å²) in [6, 6.07) is 0. The molecule has 1 fully saturated rings. The van der Waals surface area contributed by atoms with Gasteiger partial charge in [-0.05, 0) is 19.4 Å². The number of rotatable bonds is 2. The Morgan fingerprint density at radius 2 is 2.24 bits per heavy atom. The van der Waals surface area contributed by atoms with Crippen LogP contribution in [0, 0.1) is 0 Å². The Labute approximate surface area is 109 Å². The van der Waals surface area contributed by atoms with Gasteiger partial charge in [-0.3, -0.25) is 4.79 Å². The van der Waals surface area contributed by atoms with Crippen LogP contribution in [0.25, 0.3) is 0 Å². The first-order chi connectivity index (χ1) is 7.94. The van der Waals surface area contributed by atoms with Crippen LogP contribution in [-0.2, 0) is 9.53 Å². The second-order valence-electron chi connectivity index (χ2n) is 4.17. The van der Waals surface area contributed by atoms with Crippen molar-refractivity contribution in [2.24, 2.45) is 0 Å². The van der Waals surface area contributed by atoms with Crippen LogP contribution in [0.4, 0.5) is 0 Å². The molecule has 1 spiro atoms. The minimum atomic E-state index is -0.985. The summed E-state index contributed by atoms with van der Waals surface area (Å²) >= 11 is 12.1. The maximum absolute atomic E-state index is 11.5. The van der Waals surface area contributed by atoms with E-state index in [1.54, 1.807) is 13.8 Å². The van der Waals surface area contributed by atoms with Crippen molar-refractivity contribution >= 4 is 29.1 Å². The topological polar surface area (TPSA) is 58.6 Å². The highest BCUT2D eigenvalue weighted by molar-refractivity contribution is 6.36. The molecule has 2 N–H and O–H groups in total. The predicted octanol–water partition coefficient (Wildman–Crippen LogP) is 2.18. The SMILES string of the molecule is CCOC1C(=O)NC12CC(Cl)=C(C)C(Cl)=C2O. The van der Waals surface area contributed by atoms with Gasteiger partial charge in [0.15, 0.2) is 6.10 Å². The summed E-state index contributed by atoms with van der Waals surface area (Å²) in [6.45, 7) is 3.89. The third-order valence-electron chi connectivity index (χ3n) is 3.17. The normalized spacial score (nSPS) is 32.9. The Bertz CT molecular complexity index is 444. The van der Waals surface area contributed by atoms with Crippen LogP contribution in [0.3, 0.4) is 0 Å². The Morgan fingerprint density at radius 3 is 2.76 bits per heavy atom. The number of hydrogen-bond donors (Lipinski definition) is 2. The average molecular weight is 278 g/mol. The number of ether oxygens (including phenoxy) is 1. The third-order valence-corrected chi connectivity index (χ3v) is 4.05. The second kappa shape index (κ2) is 4.19. The van der Waals surface area contributed by atoms with E-state index in [2.05, 4.69) is 5.32 Å². The van der Waals surface area contributed by atoms with Crippen LogP contribution in [0.5, 0.6) is 0 Å². The summed E-state index contributed by atoms with van der Waals surface area (Å²) in [4.78, 5) is 11.5. The molecular weight excluding hydrogens is 265 g/mol. The number of β-lactam (4-membered cyclic amide) rings is 1. The standard InChI is InChI=1S/C11H13Cl2NO3/c1-3-17-9-10(16)14-11(9)4-6(12)5(2)7(13)8(11)15/h9,15H,3-4H2,1-2H3,(H,14,16). The van der Waals surface area contributed by atoms with Gasteiger partial charge in [-0.15, -0.1) is 0 Å². The van der Waals surface area contributed by atoms with Crippen molar-refractivity contribution in [3.63, 3.8) is 0 Å². The summed E-state index contributed by atoms with van der Waals surface area (Å²) in [5.74, 6) is -0.328. The lowest BCUT2D eigenvalue weighted by atomic mass is 9.75. The molecule has 1 aliphatic heterocycles. The van der Waals surface area contributed by atoms with Gasteiger partial charge in [0.05, 0.1) is 5.03 Å². The largest absolute Gasteiger partial charge is 0.508 e. The summed E-state index contributed by atoms with van der Waals surface area (Å²) in [6.07, 6.45) is -0.429. The van der Waals surface area contributed by atoms with Crippen molar-refractivity contribution in [1.82, 2.24) is 5.32 Å². The van der Waals surface area contributed by atoms with Crippen LogP contribution in [0.2, 0.25) is 0 Å². The first-order valence-corrected chi connectivity index (χ1v) is 6.08. The molecule has 2 atom stereocenters. The lowest BCUT2D eigenvalue weighted by Crippen LogP contribution is -2.75. The van der Waals surface area contributed by atoms with Crippen molar-refractivity contribution in [2.45, 2.75) is 31.9 Å². The van der Waals surface area contributed by atoms with Crippen LogP contribution >= 0.6 is 23.2 Å². The number of amides is 1. The summed E-state index contributed by atoms with van der Waals surface area (Å²) in [5, 5.41) is 13.5. The van der Waals surface area contributed by atoms with Crippen LogP contribution in [-0.4, -0.2) is 29.3 Å². The molecule has 0 saturated carbocycles. The van der Waals surface area contributed by atoms with E-state index in [-0.39, 0.29) is 16.7 Å². The molecular formula is C11H13Cl2NO3. The first kappa shape index (κ1) is 12.7. The minimum Gasteiger partial charge on any atom is -0.508 e. The molecule has 0 radical (unpaired) electrons. The van der Waals surface area contributed by atoms with E-state index in [4.69, 9.17) is 27.9 Å². The van der Waals surface area contributed by atoms with Crippen molar-refractivity contribution in [3.8, 4) is 0 Å². The van der Waals surface area contributed by atoms with E-state index in [0.29, 0.717) is 23.6 Å². The van der Waals surface area contributed by atoms with Crippen LogP contribution < -0.4 is 5.32 Å². The summed E-state index contributed by atoms with van der Waals surface area (Å²) in [5.41, 5.74) is -0.353. The molecule has 4 nitrogen and oxygen atoms in total. The molecule has 1 heterocycles. The third kappa shape index (κ3) is 1.66. The molecule has 94 valence electrons. The minimum absolute atomic E-state index is 0.0703. The van der Waals surface area contributed by atoms with Crippen LogP contribution in [0.1, 0.15) is 20.3 Å². The fraction of sp³-hybridized carbons (Fsp3) is 0.545. The zero-order valence-electron chi connectivity index (χ0n) is 9.51. The van der Waals surface area contributed by atoms with E-state index >= 15 is 0 Å². The van der Waals surface area contributed by atoms with Gasteiger partial charge in [-0.2, -0.15) is 0 Å². The fourth-order valence-corrected chi connectivity index (χ4v) is 2.79. The fourth-order valence-electron chi connectivity index (χ4n) is 2.16. The molecule has 6 heteroatoms. The highest BCUT2D eigenvalue weighted by atomic mass is 35.5. The number of carbonyl (C=O) groups is 1. The molecule has 1 saturated heterocycles. The molecule has 1 aliphatic carbocycles. The first-order valence-electron chi connectivity index (χ1n) is 5.32. The number of halogens is 2. The molecule has 0 aromatic rings. The zero-order chi connectivity index (χ0) is 12.8. The van der Waals surface area contributed by atoms with Gasteiger partial charge in [0.1, 0.15) is 11.3 Å². The zero-order valence-corrected chi connectivity index (χ0v) is 11.0. The quantitative estimate of drug-likeness (QED) is 0.761. The summed E-state index contributed by atoms with van der Waals surface area (Å²) < 4.78 is 5.34. The van der Waals surface area contributed by atoms with E-state index in [9.17, 15) is 9.90 Å². The van der Waals surface area contributed by atoms with Gasteiger partial charge >= 0.3 is 0 Å². The van der Waals surface area contributed by atoms with Crippen molar-refractivity contribution in [2.75, 3.05) is 6.61 Å². The van der Waals surface area contributed by atoms with Gasteiger partial charge in [0.2, 0.25) is 0 Å². The molecule has 2 aliphatic rings. The molecule has 2 rings (SSSR count). The van der Waals surface area contributed by atoms with Gasteiger partial charge in [0.25, 0.3) is 5.91 Å². The van der Waals surface area contributed by atoms with Gasteiger partial charge in [0, 0.05) is 18.1 Å². The number of nitrogens with one attached hydrogen (secondary N) is 1. The van der Waals surface area contributed by atoms with E-state index in [1.807, 2.05) is 0 Å². The van der Waals surface area contributed by atoms with Gasteiger partial charge < -0.3 is 15.2 Å². The molecule has 2 unspecified atom stereocenters. The molecule has 0 bridgehead atoms. The van der Waals surface area contributed by atoms with Crippen molar-refractivity contribution < 1.29 is 14.6 Å². The number of allylic oxidation sites excluding steroid dienone is 2. The number of hydrogen-bond acceptors (Lipinski definition) is 3. The van der Waals surface area contributed by atoms with E-state index in [1.165, 1.54) is 0 Å². The Hall–Kier alpha value is -0.710. The lowest BCUT2D eigenvalue weighted by molar-refractivity contribution is -0.157. The highest BCUT2D eigenvalue weighted by Crippen LogP contribution is 2.45. The van der Waals surface area contributed by atoms with E-state index < -0.39 is 11.6 Å². The van der Waals surface area contributed by atoms with Crippen LogP contribution in [0.15, 0.2) is 21.4 Å². The lowest BCUT2D eigenvalue weighted by Gasteiger charge is -2.49. The maximum Gasteiger partial charge on any atom is 0.253 e. The van der Waals surface area contributed by atoms with Crippen molar-refractivity contribution in [3.05, 3.63) is 21.4 Å². The van der Waals surface area contributed by atoms with Crippen molar-refractivity contribution in [1.29, 1.82) is 0 Å². The predicted molar refractivity (Wildman–Crippen MR) is 65.0 cm³/mol. The number of aliphatic hydroxyl groups is 1. The van der Waals surface area contributed by atoms with E-state index in [0.717, 1.165) is 0 Å². The smallest absolute Gasteiger partial charge is 0.253 e. The monoisotopic (exact) mass is 277 g/mol. The Balaban J connectivity index is 2.39.